The number of rotatable bonds is 7. The molecule has 0 fully saturated rings. The third-order valence-electron chi connectivity index (χ3n) is 13.1. The largest absolute Gasteiger partial charge is 0.309 e. The molecular weight excluding hydrogens is 885 g/mol. The van der Waals surface area contributed by atoms with Crippen molar-refractivity contribution >= 4 is 43.6 Å². The fourth-order valence-corrected chi connectivity index (χ4v) is 9.73. The van der Waals surface area contributed by atoms with Crippen molar-refractivity contribution in [2.75, 3.05) is 0 Å². The molecule has 0 aliphatic rings. The van der Waals surface area contributed by atoms with Crippen LogP contribution >= 0.6 is 0 Å². The highest BCUT2D eigenvalue weighted by atomic mass is 15.0. The van der Waals surface area contributed by atoms with E-state index in [9.17, 15) is 26.3 Å². The molecular formula is C62H32N10. The van der Waals surface area contributed by atoms with E-state index in [0.29, 0.717) is 50.9 Å². The first-order valence-electron chi connectivity index (χ1n) is 22.9. The van der Waals surface area contributed by atoms with E-state index in [-0.39, 0.29) is 0 Å². The molecule has 0 amide bonds. The van der Waals surface area contributed by atoms with Gasteiger partial charge in [-0.2, -0.15) is 26.3 Å². The van der Waals surface area contributed by atoms with Crippen LogP contribution in [0.25, 0.3) is 111 Å². The Morgan fingerprint density at radius 2 is 0.653 bits per heavy atom. The third-order valence-corrected chi connectivity index (χ3v) is 13.1. The number of benzene rings is 9. The average Bonchev–Trinajstić information content (AvgIpc) is 3.95. The molecule has 0 atom stereocenters. The monoisotopic (exact) mass is 916 g/mol. The molecule has 0 spiro atoms. The van der Waals surface area contributed by atoms with Crippen molar-refractivity contribution in [3.8, 4) is 98.1 Å². The molecule has 9 aromatic carbocycles. The second-order valence-corrected chi connectivity index (χ2v) is 17.2. The molecule has 0 saturated carbocycles. The SMILES string of the molecule is N#Cc1ccc(-c2ccc(-c3cc(-c4nc(-c5ccccc5)nc(-c5ccccc5)n4)ccc3-n3c4ccc(C#N)cc4c4cc(C#N)ccc43)c(-n3c4ccc(C#N)cc4c4cc(C#N)ccc43)c2)cc1. The topological polar surface area (TPSA) is 167 Å². The number of hydrogen-bond acceptors (Lipinski definition) is 8. The maximum Gasteiger partial charge on any atom is 0.164 e. The molecule has 0 N–H and O–H groups in total. The maximum absolute atomic E-state index is 10.1. The summed E-state index contributed by atoms with van der Waals surface area (Å²) in [5.74, 6) is 1.48. The van der Waals surface area contributed by atoms with E-state index in [1.54, 1.807) is 36.4 Å². The molecule has 72 heavy (non-hydrogen) atoms. The highest BCUT2D eigenvalue weighted by Crippen LogP contribution is 2.44. The first-order valence-corrected chi connectivity index (χ1v) is 22.9. The van der Waals surface area contributed by atoms with Gasteiger partial charge in [-0.3, -0.25) is 0 Å². The van der Waals surface area contributed by atoms with E-state index in [1.165, 1.54) is 0 Å². The summed E-state index contributed by atoms with van der Waals surface area (Å²) in [6, 6.07) is 73.5. The number of fused-ring (bicyclic) bond motifs is 6. The minimum atomic E-state index is 0.454. The first kappa shape index (κ1) is 42.4. The molecule has 0 aliphatic carbocycles. The zero-order chi connectivity index (χ0) is 48.9. The third kappa shape index (κ3) is 7.13. The average molecular weight is 917 g/mol. The van der Waals surface area contributed by atoms with Crippen LogP contribution in [0.3, 0.4) is 0 Å². The second-order valence-electron chi connectivity index (χ2n) is 17.2. The number of nitriles is 5. The van der Waals surface area contributed by atoms with Gasteiger partial charge in [-0.15, -0.1) is 0 Å². The van der Waals surface area contributed by atoms with Gasteiger partial charge in [0.05, 0.1) is 91.6 Å². The summed E-state index contributed by atoms with van der Waals surface area (Å²) in [4.78, 5) is 15.3. The Bertz CT molecular complexity index is 4240. The summed E-state index contributed by atoms with van der Waals surface area (Å²) in [6.07, 6.45) is 0. The van der Waals surface area contributed by atoms with Gasteiger partial charge in [0.25, 0.3) is 0 Å². The van der Waals surface area contributed by atoms with Gasteiger partial charge in [-0.25, -0.2) is 15.0 Å². The smallest absolute Gasteiger partial charge is 0.164 e. The Labute approximate surface area is 412 Å². The fraction of sp³-hybridized carbons (Fsp3) is 0. The fourth-order valence-electron chi connectivity index (χ4n) is 9.73. The summed E-state index contributed by atoms with van der Waals surface area (Å²) in [5, 5.41) is 53.4. The van der Waals surface area contributed by atoms with Gasteiger partial charge in [0.2, 0.25) is 0 Å². The van der Waals surface area contributed by atoms with Crippen LogP contribution in [-0.2, 0) is 0 Å². The van der Waals surface area contributed by atoms with Crippen molar-refractivity contribution in [3.63, 3.8) is 0 Å². The molecule has 10 nitrogen and oxygen atoms in total. The minimum absolute atomic E-state index is 0.454. The van der Waals surface area contributed by atoms with E-state index in [2.05, 4.69) is 69.8 Å². The van der Waals surface area contributed by atoms with Crippen molar-refractivity contribution in [3.05, 3.63) is 222 Å². The Hall–Kier alpha value is -11.0. The highest BCUT2D eigenvalue weighted by Gasteiger charge is 2.24. The van der Waals surface area contributed by atoms with E-state index in [1.807, 2.05) is 127 Å². The zero-order valence-corrected chi connectivity index (χ0v) is 37.9. The molecule has 0 saturated heterocycles. The van der Waals surface area contributed by atoms with Crippen LogP contribution in [0.2, 0.25) is 0 Å². The van der Waals surface area contributed by atoms with Crippen LogP contribution in [0.15, 0.2) is 194 Å². The molecule has 0 bridgehead atoms. The van der Waals surface area contributed by atoms with Crippen LogP contribution in [0, 0.1) is 56.7 Å². The van der Waals surface area contributed by atoms with Gasteiger partial charge in [-0.05, 0) is 120 Å². The molecule has 0 unspecified atom stereocenters. The molecule has 3 heterocycles. The molecule has 330 valence electrons. The summed E-state index contributed by atoms with van der Waals surface area (Å²) < 4.78 is 4.35. The van der Waals surface area contributed by atoms with Crippen LogP contribution in [-0.4, -0.2) is 24.1 Å². The Morgan fingerprint density at radius 1 is 0.278 bits per heavy atom. The number of hydrogen-bond donors (Lipinski definition) is 0. The first-order chi connectivity index (χ1) is 35.4. The summed E-state index contributed by atoms with van der Waals surface area (Å²) in [6.45, 7) is 0. The molecule has 12 aromatic rings. The summed E-state index contributed by atoms with van der Waals surface area (Å²) in [5.41, 5.74) is 13.1. The lowest BCUT2D eigenvalue weighted by Gasteiger charge is -2.21. The lowest BCUT2D eigenvalue weighted by atomic mass is 9.94. The van der Waals surface area contributed by atoms with E-state index < -0.39 is 0 Å². The van der Waals surface area contributed by atoms with E-state index >= 15 is 0 Å². The normalized spacial score (nSPS) is 11.0. The van der Waals surface area contributed by atoms with Gasteiger partial charge >= 0.3 is 0 Å². The molecule has 3 aromatic heterocycles. The quantitative estimate of drug-likeness (QED) is 0.152. The molecule has 0 aliphatic heterocycles. The van der Waals surface area contributed by atoms with Crippen molar-refractivity contribution in [2.24, 2.45) is 0 Å². The Kier molecular flexibility index (Phi) is 10.2. The Balaban J connectivity index is 1.21. The summed E-state index contributed by atoms with van der Waals surface area (Å²) in [7, 11) is 0. The number of nitrogens with zero attached hydrogens (tertiary/aromatic N) is 10. The van der Waals surface area contributed by atoms with Crippen LogP contribution < -0.4 is 0 Å². The van der Waals surface area contributed by atoms with Crippen LogP contribution in [0.4, 0.5) is 0 Å². The molecule has 0 radical (unpaired) electrons. The highest BCUT2D eigenvalue weighted by molar-refractivity contribution is 6.12. The maximum atomic E-state index is 10.1. The lowest BCUT2D eigenvalue weighted by molar-refractivity contribution is 1.07. The van der Waals surface area contributed by atoms with Gasteiger partial charge in [-0.1, -0.05) is 84.9 Å². The molecule has 10 heteroatoms. The van der Waals surface area contributed by atoms with Gasteiger partial charge < -0.3 is 9.13 Å². The predicted molar refractivity (Wildman–Crippen MR) is 279 cm³/mol. The standard InChI is InChI=1S/C62H32N10/c63-33-38-11-17-43(18-12-38)46-19-21-48(59(32-46)72-56-24-15-41(36-66)29-51(56)52-30-42(37-67)16-25-57(52)72)53-31-47(62-69-60(44-7-3-1-4-8-44)68-61(70-62)45-9-5-2-6-10-45)20-26-58(53)71-54-22-13-39(34-64)27-49(54)50-28-40(35-65)14-23-55(50)71/h1-32H. The van der Waals surface area contributed by atoms with Gasteiger partial charge in [0.15, 0.2) is 17.5 Å². The van der Waals surface area contributed by atoms with Crippen LogP contribution in [0.1, 0.15) is 27.8 Å². The van der Waals surface area contributed by atoms with Crippen molar-refractivity contribution in [1.82, 2.24) is 24.1 Å². The zero-order valence-electron chi connectivity index (χ0n) is 37.9. The Morgan fingerprint density at radius 3 is 1.08 bits per heavy atom. The van der Waals surface area contributed by atoms with Gasteiger partial charge in [0.1, 0.15) is 0 Å². The summed E-state index contributed by atoms with van der Waals surface area (Å²) >= 11 is 0. The second kappa shape index (κ2) is 17.3. The molecule has 12 rings (SSSR count). The van der Waals surface area contributed by atoms with Crippen LogP contribution in [0.5, 0.6) is 0 Å². The van der Waals surface area contributed by atoms with Crippen molar-refractivity contribution in [1.29, 1.82) is 26.3 Å². The number of aromatic nitrogens is 5. The van der Waals surface area contributed by atoms with Gasteiger partial charge in [0, 0.05) is 49.4 Å². The minimum Gasteiger partial charge on any atom is -0.309 e. The van der Waals surface area contributed by atoms with E-state index in [0.717, 1.165) is 88.4 Å². The predicted octanol–water partition coefficient (Wildman–Crippen LogP) is 13.8. The van der Waals surface area contributed by atoms with Crippen molar-refractivity contribution < 1.29 is 0 Å². The van der Waals surface area contributed by atoms with Crippen molar-refractivity contribution in [2.45, 2.75) is 0 Å². The van der Waals surface area contributed by atoms with E-state index in [4.69, 9.17) is 15.0 Å². The lowest BCUT2D eigenvalue weighted by Crippen LogP contribution is -2.04.